The molecular weight excluding hydrogens is 543 g/mol. The van der Waals surface area contributed by atoms with Gasteiger partial charge in [0, 0.05) is 10.2 Å². The zero-order valence-electron chi connectivity index (χ0n) is 20.2. The van der Waals surface area contributed by atoms with Crippen LogP contribution in [0, 0.1) is 17.1 Å². The number of amides is 1. The third kappa shape index (κ3) is 7.66. The number of ether oxygens (including phenoxy) is 3. The van der Waals surface area contributed by atoms with Crippen LogP contribution in [0.4, 0.5) is 10.1 Å². The highest BCUT2D eigenvalue weighted by Crippen LogP contribution is 2.35. The number of nitriles is 1. The van der Waals surface area contributed by atoms with Crippen molar-refractivity contribution in [2.45, 2.75) is 20.5 Å². The number of hydrogen-bond donors (Lipinski definition) is 1. The van der Waals surface area contributed by atoms with E-state index < -0.39 is 11.9 Å². The maximum atomic E-state index is 13.5. The number of rotatable bonds is 10. The Kier molecular flexibility index (Phi) is 9.81. The number of esters is 1. The molecule has 9 heteroatoms. The van der Waals surface area contributed by atoms with Crippen molar-refractivity contribution < 1.29 is 28.2 Å². The van der Waals surface area contributed by atoms with E-state index in [9.17, 15) is 19.2 Å². The molecular formula is C28H24BrFN2O5. The number of nitrogens with one attached hydrogen (secondary N) is 1. The first-order chi connectivity index (χ1) is 17.8. The van der Waals surface area contributed by atoms with Gasteiger partial charge in [0.2, 0.25) is 0 Å². The molecule has 190 valence electrons. The maximum Gasteiger partial charge on any atom is 0.338 e. The third-order valence-electron chi connectivity index (χ3n) is 4.97. The van der Waals surface area contributed by atoms with Gasteiger partial charge < -0.3 is 19.5 Å². The van der Waals surface area contributed by atoms with Gasteiger partial charge in [-0.15, -0.1) is 0 Å². The number of carbonyl (C=O) groups is 2. The topological polar surface area (TPSA) is 97.7 Å². The molecule has 1 N–H and O–H groups in total. The Morgan fingerprint density at radius 2 is 1.76 bits per heavy atom. The Hall–Kier alpha value is -4.16. The summed E-state index contributed by atoms with van der Waals surface area (Å²) in [5.41, 5.74) is 1.79. The van der Waals surface area contributed by atoms with Crippen LogP contribution in [0.1, 0.15) is 35.3 Å². The molecule has 1 amide bonds. The molecule has 0 aromatic heterocycles. The predicted molar refractivity (Wildman–Crippen MR) is 141 cm³/mol. The standard InChI is InChI=1S/C28H24BrFN2O5/c1-3-35-25-14-20(24(29)15-26(25)37-17-18-6-5-7-22(30)12-18)13-21(16-31)27(33)32-23-10-8-19(9-11-23)28(34)36-4-2/h5-15H,3-4,17H2,1-2H3,(H,32,33)/b21-13+. The first kappa shape index (κ1) is 27.4. The molecule has 0 bridgehead atoms. The summed E-state index contributed by atoms with van der Waals surface area (Å²) in [6.45, 7) is 4.27. The normalized spacial score (nSPS) is 10.8. The quantitative estimate of drug-likeness (QED) is 0.176. The molecule has 37 heavy (non-hydrogen) atoms. The van der Waals surface area contributed by atoms with Gasteiger partial charge in [0.25, 0.3) is 5.91 Å². The Labute approximate surface area is 222 Å². The summed E-state index contributed by atoms with van der Waals surface area (Å²) in [7, 11) is 0. The number of halogens is 2. The average Bonchev–Trinajstić information content (AvgIpc) is 2.88. The lowest BCUT2D eigenvalue weighted by atomic mass is 10.1. The van der Waals surface area contributed by atoms with Crippen molar-refractivity contribution in [3.8, 4) is 17.6 Å². The van der Waals surface area contributed by atoms with E-state index in [-0.39, 0.29) is 24.6 Å². The van der Waals surface area contributed by atoms with Crippen molar-refractivity contribution in [1.82, 2.24) is 0 Å². The third-order valence-corrected chi connectivity index (χ3v) is 5.65. The van der Waals surface area contributed by atoms with Crippen LogP contribution in [0.3, 0.4) is 0 Å². The summed E-state index contributed by atoms with van der Waals surface area (Å²) >= 11 is 3.45. The Morgan fingerprint density at radius 3 is 2.41 bits per heavy atom. The summed E-state index contributed by atoms with van der Waals surface area (Å²) in [5, 5.41) is 12.3. The number of hydrogen-bond acceptors (Lipinski definition) is 6. The minimum absolute atomic E-state index is 0.125. The average molecular weight is 567 g/mol. The lowest BCUT2D eigenvalue weighted by Gasteiger charge is -2.14. The first-order valence-electron chi connectivity index (χ1n) is 11.4. The molecule has 0 fully saturated rings. The number of benzene rings is 3. The van der Waals surface area contributed by atoms with Crippen molar-refractivity contribution >= 4 is 39.6 Å². The first-order valence-corrected chi connectivity index (χ1v) is 12.2. The van der Waals surface area contributed by atoms with Crippen LogP contribution < -0.4 is 14.8 Å². The van der Waals surface area contributed by atoms with Crippen LogP contribution >= 0.6 is 15.9 Å². The Balaban J connectivity index is 1.79. The molecule has 3 aromatic rings. The second-order valence-electron chi connectivity index (χ2n) is 7.59. The molecule has 0 radical (unpaired) electrons. The van der Waals surface area contributed by atoms with Crippen LogP contribution in [0.2, 0.25) is 0 Å². The number of carbonyl (C=O) groups excluding carboxylic acids is 2. The lowest BCUT2D eigenvalue weighted by Crippen LogP contribution is -2.13. The number of nitrogens with zero attached hydrogens (tertiary/aromatic N) is 1. The van der Waals surface area contributed by atoms with Crippen LogP contribution in [-0.2, 0) is 16.1 Å². The van der Waals surface area contributed by atoms with Crippen LogP contribution in [0.5, 0.6) is 11.5 Å². The van der Waals surface area contributed by atoms with Crippen molar-refractivity contribution in [2.24, 2.45) is 0 Å². The van der Waals surface area contributed by atoms with E-state index in [1.807, 2.05) is 13.0 Å². The molecule has 0 aliphatic carbocycles. The van der Waals surface area contributed by atoms with Gasteiger partial charge >= 0.3 is 5.97 Å². The zero-order chi connectivity index (χ0) is 26.8. The molecule has 0 unspecified atom stereocenters. The van der Waals surface area contributed by atoms with Gasteiger partial charge in [-0.3, -0.25) is 4.79 Å². The summed E-state index contributed by atoms with van der Waals surface area (Å²) in [5.74, 6) is -0.621. The molecule has 0 saturated heterocycles. The summed E-state index contributed by atoms with van der Waals surface area (Å²) in [6, 6.07) is 17.5. The van der Waals surface area contributed by atoms with Crippen molar-refractivity contribution in [2.75, 3.05) is 18.5 Å². The van der Waals surface area contributed by atoms with E-state index >= 15 is 0 Å². The SMILES string of the molecule is CCOC(=O)c1ccc(NC(=O)/C(C#N)=C/c2cc(OCC)c(OCc3cccc(F)c3)cc2Br)cc1. The monoisotopic (exact) mass is 566 g/mol. The van der Waals surface area contributed by atoms with Crippen LogP contribution in [0.25, 0.3) is 6.08 Å². The van der Waals surface area contributed by atoms with Gasteiger partial charge in [0.15, 0.2) is 11.5 Å². The Bertz CT molecular complexity index is 1350. The second-order valence-corrected chi connectivity index (χ2v) is 8.45. The highest BCUT2D eigenvalue weighted by Gasteiger charge is 2.15. The fourth-order valence-corrected chi connectivity index (χ4v) is 3.67. The van der Waals surface area contributed by atoms with E-state index in [1.54, 1.807) is 43.3 Å². The van der Waals surface area contributed by atoms with Gasteiger partial charge in [0.1, 0.15) is 24.1 Å². The van der Waals surface area contributed by atoms with Crippen molar-refractivity contribution in [1.29, 1.82) is 5.26 Å². The fourth-order valence-electron chi connectivity index (χ4n) is 3.24. The van der Waals surface area contributed by atoms with Crippen LogP contribution in [0.15, 0.2) is 70.7 Å². The molecule has 0 atom stereocenters. The Morgan fingerprint density at radius 1 is 1.03 bits per heavy atom. The molecule has 0 spiro atoms. The van der Waals surface area contributed by atoms with E-state index in [4.69, 9.17) is 14.2 Å². The van der Waals surface area contributed by atoms with Gasteiger partial charge in [-0.1, -0.05) is 28.1 Å². The van der Waals surface area contributed by atoms with E-state index in [0.29, 0.717) is 45.0 Å². The van der Waals surface area contributed by atoms with E-state index in [0.717, 1.165) is 0 Å². The fraction of sp³-hybridized carbons (Fsp3) is 0.179. The van der Waals surface area contributed by atoms with E-state index in [1.165, 1.54) is 30.3 Å². The molecule has 0 aliphatic rings. The van der Waals surface area contributed by atoms with Crippen molar-refractivity contribution in [3.63, 3.8) is 0 Å². The van der Waals surface area contributed by atoms with Gasteiger partial charge in [-0.2, -0.15) is 5.26 Å². The minimum atomic E-state index is -0.623. The molecule has 3 rings (SSSR count). The van der Waals surface area contributed by atoms with Gasteiger partial charge in [0.05, 0.1) is 18.8 Å². The second kappa shape index (κ2) is 13.2. The highest BCUT2D eigenvalue weighted by molar-refractivity contribution is 9.10. The largest absolute Gasteiger partial charge is 0.490 e. The zero-order valence-corrected chi connectivity index (χ0v) is 21.8. The minimum Gasteiger partial charge on any atom is -0.490 e. The lowest BCUT2D eigenvalue weighted by molar-refractivity contribution is -0.112. The smallest absolute Gasteiger partial charge is 0.338 e. The van der Waals surface area contributed by atoms with Crippen molar-refractivity contribution in [3.05, 3.63) is 93.2 Å². The maximum absolute atomic E-state index is 13.5. The highest BCUT2D eigenvalue weighted by atomic mass is 79.9. The predicted octanol–water partition coefficient (Wildman–Crippen LogP) is 6.29. The summed E-state index contributed by atoms with van der Waals surface area (Å²) < 4.78 is 30.5. The molecule has 3 aromatic carbocycles. The number of anilines is 1. The summed E-state index contributed by atoms with van der Waals surface area (Å²) in [4.78, 5) is 24.5. The summed E-state index contributed by atoms with van der Waals surface area (Å²) in [6.07, 6.45) is 1.42. The van der Waals surface area contributed by atoms with Gasteiger partial charge in [-0.05, 0) is 79.6 Å². The van der Waals surface area contributed by atoms with E-state index in [2.05, 4.69) is 21.2 Å². The molecule has 0 saturated carbocycles. The van der Waals surface area contributed by atoms with Gasteiger partial charge in [-0.25, -0.2) is 9.18 Å². The molecule has 0 heterocycles. The molecule has 7 nitrogen and oxygen atoms in total. The van der Waals surface area contributed by atoms with Crippen LogP contribution in [-0.4, -0.2) is 25.1 Å². The molecule has 0 aliphatic heterocycles.